The first-order valence-electron chi connectivity index (χ1n) is 2.98. The number of hydrogen-bond donors (Lipinski definition) is 0. The molecule has 60 valence electrons. The Morgan fingerprint density at radius 1 is 1.60 bits per heavy atom. The van der Waals surface area contributed by atoms with Crippen LogP contribution in [0.4, 0.5) is 0 Å². The lowest BCUT2D eigenvalue weighted by molar-refractivity contribution is -0.146. The Morgan fingerprint density at radius 3 is 2.40 bits per heavy atom. The molecule has 0 aliphatic rings. The molecule has 0 amide bonds. The van der Waals surface area contributed by atoms with Crippen LogP contribution in [0.5, 0.6) is 0 Å². The monoisotopic (exact) mass is 184 g/mol. The molecule has 0 saturated heterocycles. The number of carbonyl (C=O) groups is 1. The molecule has 0 aliphatic heterocycles. The molecule has 0 heterocycles. The van der Waals surface area contributed by atoms with Gasteiger partial charge in [0.05, 0.1) is 6.10 Å². The zero-order valence-electron chi connectivity index (χ0n) is 5.93. The van der Waals surface area contributed by atoms with Crippen molar-refractivity contribution in [3.05, 3.63) is 0 Å². The van der Waals surface area contributed by atoms with Crippen LogP contribution in [0, 0.1) is 0 Å². The Balaban J connectivity index is 3.62. The van der Waals surface area contributed by atoms with Gasteiger partial charge in [0, 0.05) is 5.88 Å². The van der Waals surface area contributed by atoms with Crippen LogP contribution in [0.3, 0.4) is 0 Å². The summed E-state index contributed by atoms with van der Waals surface area (Å²) < 4.78 is 4.75. The van der Waals surface area contributed by atoms with Gasteiger partial charge in [0.25, 0.3) is 0 Å². The molecule has 1 atom stereocenters. The zero-order valence-corrected chi connectivity index (χ0v) is 7.45. The fourth-order valence-corrected chi connectivity index (χ4v) is 0.547. The van der Waals surface area contributed by atoms with E-state index in [0.29, 0.717) is 0 Å². The standard InChI is InChI=1S/C6H10Cl2O2/c1-4(2)10-6(9)5(8)3-7/h4-5H,3H2,1-2H3. The van der Waals surface area contributed by atoms with Crippen molar-refractivity contribution in [2.75, 3.05) is 5.88 Å². The van der Waals surface area contributed by atoms with Crippen molar-refractivity contribution in [1.82, 2.24) is 0 Å². The second-order valence-electron chi connectivity index (χ2n) is 2.11. The first-order chi connectivity index (χ1) is 4.57. The van der Waals surface area contributed by atoms with Gasteiger partial charge in [0.2, 0.25) is 0 Å². The predicted octanol–water partition coefficient (Wildman–Crippen LogP) is 1.78. The van der Waals surface area contributed by atoms with Crippen LogP contribution in [0.15, 0.2) is 0 Å². The molecule has 0 radical (unpaired) electrons. The van der Waals surface area contributed by atoms with Crippen molar-refractivity contribution in [3.8, 4) is 0 Å². The maximum atomic E-state index is 10.7. The van der Waals surface area contributed by atoms with Gasteiger partial charge in [-0.25, -0.2) is 0 Å². The first-order valence-corrected chi connectivity index (χ1v) is 3.95. The molecule has 2 nitrogen and oxygen atoms in total. The fraction of sp³-hybridized carbons (Fsp3) is 0.833. The average Bonchev–Trinajstić information content (AvgIpc) is 1.85. The van der Waals surface area contributed by atoms with E-state index in [4.69, 9.17) is 27.9 Å². The normalized spacial score (nSPS) is 13.3. The lowest BCUT2D eigenvalue weighted by Gasteiger charge is -2.09. The van der Waals surface area contributed by atoms with Gasteiger partial charge in [-0.2, -0.15) is 0 Å². The smallest absolute Gasteiger partial charge is 0.325 e. The minimum Gasteiger partial charge on any atom is -0.462 e. The van der Waals surface area contributed by atoms with E-state index in [9.17, 15) is 4.79 Å². The second-order valence-corrected chi connectivity index (χ2v) is 2.94. The third-order valence-electron chi connectivity index (χ3n) is 0.743. The van der Waals surface area contributed by atoms with E-state index in [1.165, 1.54) is 0 Å². The Kier molecular flexibility index (Phi) is 4.83. The summed E-state index contributed by atoms with van der Waals surface area (Å²) in [6.45, 7) is 3.52. The summed E-state index contributed by atoms with van der Waals surface area (Å²) in [7, 11) is 0. The van der Waals surface area contributed by atoms with Gasteiger partial charge in [-0.15, -0.1) is 23.2 Å². The molecule has 0 aromatic rings. The molecule has 0 aromatic carbocycles. The maximum absolute atomic E-state index is 10.7. The largest absolute Gasteiger partial charge is 0.462 e. The van der Waals surface area contributed by atoms with Crippen LogP contribution in [-0.2, 0) is 9.53 Å². The van der Waals surface area contributed by atoms with Crippen molar-refractivity contribution >= 4 is 29.2 Å². The summed E-state index contributed by atoms with van der Waals surface area (Å²) in [5.74, 6) is -0.362. The molecule has 4 heteroatoms. The van der Waals surface area contributed by atoms with Gasteiger partial charge in [0.1, 0.15) is 5.38 Å². The molecule has 0 aliphatic carbocycles. The first kappa shape index (κ1) is 10.0. The van der Waals surface area contributed by atoms with Crippen LogP contribution in [0.25, 0.3) is 0 Å². The van der Waals surface area contributed by atoms with Crippen LogP contribution >= 0.6 is 23.2 Å². The van der Waals surface area contributed by atoms with Crippen molar-refractivity contribution < 1.29 is 9.53 Å². The predicted molar refractivity (Wildman–Crippen MR) is 41.6 cm³/mol. The molecule has 10 heavy (non-hydrogen) atoms. The van der Waals surface area contributed by atoms with E-state index >= 15 is 0 Å². The number of carbonyl (C=O) groups excluding carboxylic acids is 1. The summed E-state index contributed by atoms with van der Waals surface area (Å²) in [4.78, 5) is 10.7. The Bertz CT molecular complexity index is 114. The summed E-state index contributed by atoms with van der Waals surface area (Å²) in [5, 5.41) is -0.718. The molecule has 0 spiro atoms. The number of esters is 1. The lowest BCUT2D eigenvalue weighted by atomic mass is 10.4. The molecular weight excluding hydrogens is 175 g/mol. The van der Waals surface area contributed by atoms with E-state index in [2.05, 4.69) is 0 Å². The van der Waals surface area contributed by atoms with E-state index in [1.807, 2.05) is 0 Å². The van der Waals surface area contributed by atoms with E-state index < -0.39 is 11.3 Å². The molecule has 0 aromatic heterocycles. The molecule has 0 bridgehead atoms. The van der Waals surface area contributed by atoms with Gasteiger partial charge >= 0.3 is 5.97 Å². The van der Waals surface area contributed by atoms with Crippen molar-refractivity contribution in [3.63, 3.8) is 0 Å². The number of hydrogen-bond acceptors (Lipinski definition) is 2. The third-order valence-corrected chi connectivity index (χ3v) is 1.54. The summed E-state index contributed by atoms with van der Waals surface area (Å²) in [5.41, 5.74) is 0. The van der Waals surface area contributed by atoms with Crippen LogP contribution in [0.1, 0.15) is 13.8 Å². The highest BCUT2D eigenvalue weighted by Gasteiger charge is 2.16. The fourth-order valence-electron chi connectivity index (χ4n) is 0.369. The highest BCUT2D eigenvalue weighted by Crippen LogP contribution is 2.03. The summed E-state index contributed by atoms with van der Waals surface area (Å²) in [6, 6.07) is 0. The van der Waals surface area contributed by atoms with E-state index in [0.717, 1.165) is 0 Å². The van der Waals surface area contributed by atoms with Crippen LogP contribution in [-0.4, -0.2) is 23.3 Å². The molecule has 0 fully saturated rings. The zero-order chi connectivity index (χ0) is 8.15. The maximum Gasteiger partial charge on any atom is 0.325 e. The van der Waals surface area contributed by atoms with Crippen molar-refractivity contribution in [2.24, 2.45) is 0 Å². The van der Waals surface area contributed by atoms with Crippen molar-refractivity contribution in [1.29, 1.82) is 0 Å². The molecule has 0 saturated carbocycles. The molecule has 1 unspecified atom stereocenters. The van der Waals surface area contributed by atoms with Gasteiger partial charge in [-0.05, 0) is 13.8 Å². The van der Waals surface area contributed by atoms with Crippen LogP contribution in [0.2, 0.25) is 0 Å². The number of halogens is 2. The van der Waals surface area contributed by atoms with E-state index in [-0.39, 0.29) is 12.0 Å². The number of alkyl halides is 2. The summed E-state index contributed by atoms with van der Waals surface area (Å²) in [6.07, 6.45) is -0.128. The minimum absolute atomic E-state index is 0.0904. The third kappa shape index (κ3) is 3.96. The van der Waals surface area contributed by atoms with E-state index in [1.54, 1.807) is 13.8 Å². The number of rotatable bonds is 3. The van der Waals surface area contributed by atoms with Gasteiger partial charge in [0.15, 0.2) is 0 Å². The highest BCUT2D eigenvalue weighted by molar-refractivity contribution is 6.35. The Morgan fingerprint density at radius 2 is 2.10 bits per heavy atom. The molecular formula is C6H10Cl2O2. The molecule has 0 N–H and O–H groups in total. The Labute approximate surface area is 70.4 Å². The average molecular weight is 185 g/mol. The Hall–Kier alpha value is 0.0500. The van der Waals surface area contributed by atoms with Crippen LogP contribution < -0.4 is 0 Å². The van der Waals surface area contributed by atoms with Gasteiger partial charge in [-0.3, -0.25) is 4.79 Å². The van der Waals surface area contributed by atoms with Gasteiger partial charge < -0.3 is 4.74 Å². The number of ether oxygens (including phenoxy) is 1. The summed E-state index contributed by atoms with van der Waals surface area (Å²) >= 11 is 10.8. The molecule has 0 rings (SSSR count). The van der Waals surface area contributed by atoms with Gasteiger partial charge in [-0.1, -0.05) is 0 Å². The van der Waals surface area contributed by atoms with Crippen molar-refractivity contribution in [2.45, 2.75) is 25.3 Å². The SMILES string of the molecule is CC(C)OC(=O)C(Cl)CCl. The quantitative estimate of drug-likeness (QED) is 0.494. The topological polar surface area (TPSA) is 26.3 Å². The highest BCUT2D eigenvalue weighted by atomic mass is 35.5. The lowest BCUT2D eigenvalue weighted by Crippen LogP contribution is -2.22. The minimum atomic E-state index is -0.718. The second kappa shape index (κ2) is 4.80.